The van der Waals surface area contributed by atoms with Gasteiger partial charge in [0.05, 0.1) is 25.4 Å². The number of methoxy groups -OCH3 is 1. The number of aliphatic hydroxyl groups excluding tert-OH is 4. The van der Waals surface area contributed by atoms with Crippen LogP contribution in [0.2, 0.25) is 0 Å². The van der Waals surface area contributed by atoms with Gasteiger partial charge < -0.3 is 39.7 Å². The molecule has 0 aromatic carbocycles. The normalized spacial score (nSPS) is 55.9. The maximum absolute atomic E-state index is 11.2. The number of rotatable bonds is 6. The van der Waals surface area contributed by atoms with Crippen LogP contribution in [0.5, 0.6) is 0 Å². The Morgan fingerprint density at radius 3 is 2.43 bits per heavy atom. The molecule has 8 nitrogen and oxygen atoms in total. The minimum Gasteiger partial charge on any atom is -0.394 e. The molecule has 12 atom stereocenters. The Labute approximate surface area is 209 Å². The standard InChI is InChI=1S/C27H46O8/c1-24(15-34-23-21(31)20(30)22(33-3)17(12-28)35-23)8-4-9-25(2)18(24)7-10-26-11-16(5-6-19(25)26)27(32,13-26)14-29/h16-23,28-32H,4-15H2,1-3H3/t16-,17-,18-,19+,20-,21-,22-,23-,24+,25-,26+,27+/m1/s1. The first-order chi connectivity index (χ1) is 16.6. The number of aliphatic hydroxyl groups is 5. The predicted molar refractivity (Wildman–Crippen MR) is 127 cm³/mol. The van der Waals surface area contributed by atoms with E-state index in [4.69, 9.17) is 14.2 Å². The lowest BCUT2D eigenvalue weighted by atomic mass is 9.41. The highest BCUT2D eigenvalue weighted by molar-refractivity contribution is 5.17. The molecule has 2 bridgehead atoms. The molecule has 0 unspecified atom stereocenters. The van der Waals surface area contributed by atoms with E-state index in [1.54, 1.807) is 0 Å². The van der Waals surface area contributed by atoms with Gasteiger partial charge in [-0.2, -0.15) is 0 Å². The van der Waals surface area contributed by atoms with Gasteiger partial charge in [-0.3, -0.25) is 0 Å². The lowest BCUT2D eigenvalue weighted by Gasteiger charge is -2.64. The van der Waals surface area contributed by atoms with Crippen molar-refractivity contribution in [2.75, 3.05) is 26.9 Å². The molecule has 5 fully saturated rings. The summed E-state index contributed by atoms with van der Waals surface area (Å²) in [6, 6.07) is 0. The molecule has 1 heterocycles. The quantitative estimate of drug-likeness (QED) is 0.374. The van der Waals surface area contributed by atoms with E-state index in [-0.39, 0.29) is 35.4 Å². The van der Waals surface area contributed by atoms with Gasteiger partial charge in [-0.15, -0.1) is 0 Å². The smallest absolute Gasteiger partial charge is 0.186 e. The van der Waals surface area contributed by atoms with E-state index >= 15 is 0 Å². The van der Waals surface area contributed by atoms with E-state index < -0.39 is 36.3 Å². The van der Waals surface area contributed by atoms with Crippen molar-refractivity contribution in [3.05, 3.63) is 0 Å². The van der Waals surface area contributed by atoms with Gasteiger partial charge >= 0.3 is 0 Å². The van der Waals surface area contributed by atoms with Crippen LogP contribution in [0.15, 0.2) is 0 Å². The van der Waals surface area contributed by atoms with Gasteiger partial charge in [-0.05, 0) is 85.4 Å². The van der Waals surface area contributed by atoms with Crippen molar-refractivity contribution < 1.29 is 39.7 Å². The Kier molecular flexibility index (Phi) is 6.88. The Morgan fingerprint density at radius 1 is 0.971 bits per heavy atom. The third-order valence-corrected chi connectivity index (χ3v) is 11.4. The molecule has 5 N–H and O–H groups in total. The van der Waals surface area contributed by atoms with Gasteiger partial charge in [0.1, 0.15) is 24.4 Å². The number of fused-ring (bicyclic) bond motifs is 3. The number of hydrogen-bond acceptors (Lipinski definition) is 8. The highest BCUT2D eigenvalue weighted by atomic mass is 16.7. The molecule has 1 aliphatic heterocycles. The summed E-state index contributed by atoms with van der Waals surface area (Å²) in [5.74, 6) is 1.20. The van der Waals surface area contributed by atoms with E-state index in [1.165, 1.54) is 13.5 Å². The van der Waals surface area contributed by atoms with Crippen LogP contribution in [0.25, 0.3) is 0 Å². The average Bonchev–Trinajstić information content (AvgIpc) is 3.04. The van der Waals surface area contributed by atoms with Crippen molar-refractivity contribution in [1.29, 1.82) is 0 Å². The molecule has 4 aliphatic carbocycles. The molecule has 5 aliphatic rings. The fraction of sp³-hybridized carbons (Fsp3) is 1.00. The molecule has 0 amide bonds. The molecule has 202 valence electrons. The predicted octanol–water partition coefficient (Wildman–Crippen LogP) is 1.59. The molecule has 0 aromatic rings. The van der Waals surface area contributed by atoms with Crippen molar-refractivity contribution in [2.24, 2.45) is 34.0 Å². The van der Waals surface area contributed by atoms with Crippen LogP contribution in [0.3, 0.4) is 0 Å². The van der Waals surface area contributed by atoms with E-state index in [0.29, 0.717) is 18.4 Å². The molecular formula is C27H46O8. The Hall–Kier alpha value is -0.320. The topological polar surface area (TPSA) is 129 Å². The first-order valence-electron chi connectivity index (χ1n) is 13.7. The summed E-state index contributed by atoms with van der Waals surface area (Å²) in [5.41, 5.74) is -0.752. The molecule has 1 spiro atoms. The van der Waals surface area contributed by atoms with Crippen molar-refractivity contribution in [3.8, 4) is 0 Å². The summed E-state index contributed by atoms with van der Waals surface area (Å²) >= 11 is 0. The maximum Gasteiger partial charge on any atom is 0.186 e. The van der Waals surface area contributed by atoms with Crippen LogP contribution in [0, 0.1) is 34.0 Å². The monoisotopic (exact) mass is 498 g/mol. The summed E-state index contributed by atoms with van der Waals surface area (Å²) in [4.78, 5) is 0. The molecule has 35 heavy (non-hydrogen) atoms. The van der Waals surface area contributed by atoms with Crippen LogP contribution < -0.4 is 0 Å². The average molecular weight is 499 g/mol. The molecule has 5 rings (SSSR count). The second-order valence-corrected chi connectivity index (χ2v) is 13.2. The van der Waals surface area contributed by atoms with Crippen molar-refractivity contribution in [3.63, 3.8) is 0 Å². The van der Waals surface area contributed by atoms with Gasteiger partial charge in [0.2, 0.25) is 0 Å². The first-order valence-corrected chi connectivity index (χ1v) is 13.7. The molecule has 8 heteroatoms. The van der Waals surface area contributed by atoms with E-state index in [1.807, 2.05) is 0 Å². The van der Waals surface area contributed by atoms with Crippen molar-refractivity contribution in [2.45, 2.75) is 108 Å². The first kappa shape index (κ1) is 26.3. The largest absolute Gasteiger partial charge is 0.394 e. The van der Waals surface area contributed by atoms with Crippen LogP contribution >= 0.6 is 0 Å². The maximum atomic E-state index is 11.2. The van der Waals surface area contributed by atoms with E-state index in [9.17, 15) is 25.5 Å². The minimum absolute atomic E-state index is 0.0990. The lowest BCUT2D eigenvalue weighted by molar-refractivity contribution is -0.313. The molecule has 0 radical (unpaired) electrons. The van der Waals surface area contributed by atoms with E-state index in [2.05, 4.69) is 13.8 Å². The van der Waals surface area contributed by atoms with Crippen LogP contribution in [-0.4, -0.2) is 88.8 Å². The number of hydrogen-bond donors (Lipinski definition) is 5. The second kappa shape index (κ2) is 9.16. The fourth-order valence-electron chi connectivity index (χ4n) is 9.87. The summed E-state index contributed by atoms with van der Waals surface area (Å²) in [7, 11) is 1.42. The number of ether oxygens (including phenoxy) is 3. The summed E-state index contributed by atoms with van der Waals surface area (Å²) < 4.78 is 17.3. The van der Waals surface area contributed by atoms with Gasteiger partial charge in [0.15, 0.2) is 6.29 Å². The Balaban J connectivity index is 1.33. The lowest BCUT2D eigenvalue weighted by Crippen LogP contribution is -2.61. The van der Waals surface area contributed by atoms with E-state index in [0.717, 1.165) is 51.4 Å². The highest BCUT2D eigenvalue weighted by Gasteiger charge is 2.67. The van der Waals surface area contributed by atoms with Gasteiger partial charge in [-0.25, -0.2) is 0 Å². The molecule has 4 saturated carbocycles. The fourth-order valence-corrected chi connectivity index (χ4v) is 9.87. The summed E-state index contributed by atoms with van der Waals surface area (Å²) in [6.07, 6.45) is 4.30. The van der Waals surface area contributed by atoms with Crippen LogP contribution in [0.1, 0.15) is 71.6 Å². The molecule has 1 saturated heterocycles. The summed E-state index contributed by atoms with van der Waals surface area (Å²) in [6.45, 7) is 4.71. The SMILES string of the molecule is CO[C@H]1[C@H](O)[C@@H](O)[C@H](OC[C@]2(C)CCC[C@]3(C)[C@@H]2CC[C@@]24C[C@@H](CC[C@H]23)[C@@](O)(CO)C4)O[C@@H]1CO. The highest BCUT2D eigenvalue weighted by Crippen LogP contribution is 2.72. The minimum atomic E-state index is -1.25. The Morgan fingerprint density at radius 2 is 1.74 bits per heavy atom. The molecular weight excluding hydrogens is 452 g/mol. The zero-order valence-electron chi connectivity index (χ0n) is 21.6. The summed E-state index contributed by atoms with van der Waals surface area (Å²) in [5, 5.41) is 52.0. The second-order valence-electron chi connectivity index (χ2n) is 13.2. The zero-order valence-corrected chi connectivity index (χ0v) is 21.6. The third kappa shape index (κ3) is 3.94. The van der Waals surface area contributed by atoms with Gasteiger partial charge in [0, 0.05) is 7.11 Å². The van der Waals surface area contributed by atoms with Gasteiger partial charge in [-0.1, -0.05) is 20.3 Å². The zero-order chi connectivity index (χ0) is 25.2. The Bertz CT molecular complexity index is 778. The van der Waals surface area contributed by atoms with Gasteiger partial charge in [0.25, 0.3) is 0 Å². The van der Waals surface area contributed by atoms with Crippen molar-refractivity contribution in [1.82, 2.24) is 0 Å². The van der Waals surface area contributed by atoms with Crippen LogP contribution in [-0.2, 0) is 14.2 Å². The molecule has 0 aromatic heterocycles. The van der Waals surface area contributed by atoms with Crippen molar-refractivity contribution >= 4 is 0 Å². The van der Waals surface area contributed by atoms with Crippen LogP contribution in [0.4, 0.5) is 0 Å². The third-order valence-electron chi connectivity index (χ3n) is 11.4.